The molecule has 23 heavy (non-hydrogen) atoms. The number of amides is 1. The van der Waals surface area contributed by atoms with Crippen molar-refractivity contribution >= 4 is 15.7 Å². The maximum Gasteiger partial charge on any atom is 0.239 e. The molecule has 0 aliphatic carbocycles. The Kier molecular flexibility index (Phi) is 5.47. The van der Waals surface area contributed by atoms with Crippen molar-refractivity contribution in [2.75, 3.05) is 18.6 Å². The lowest BCUT2D eigenvalue weighted by atomic mass is 9.93. The summed E-state index contributed by atoms with van der Waals surface area (Å²) in [6.07, 6.45) is 2.25. The van der Waals surface area contributed by atoms with Gasteiger partial charge in [0, 0.05) is 24.8 Å². The van der Waals surface area contributed by atoms with Gasteiger partial charge in [-0.15, -0.1) is 0 Å². The fourth-order valence-corrected chi connectivity index (χ4v) is 3.97. The van der Waals surface area contributed by atoms with Crippen LogP contribution in [-0.2, 0) is 14.6 Å². The van der Waals surface area contributed by atoms with E-state index >= 15 is 0 Å². The number of aryl methyl sites for hydroxylation is 1. The van der Waals surface area contributed by atoms with Crippen LogP contribution in [0, 0.1) is 6.92 Å². The van der Waals surface area contributed by atoms with Crippen molar-refractivity contribution in [3.05, 3.63) is 35.4 Å². The van der Waals surface area contributed by atoms with E-state index in [1.54, 1.807) is 0 Å². The Labute approximate surface area is 138 Å². The third kappa shape index (κ3) is 4.54. The number of carbonyl (C=O) groups is 1. The number of likely N-dealkylation sites (tertiary alicyclic amines) is 1. The van der Waals surface area contributed by atoms with Crippen LogP contribution in [0.2, 0.25) is 0 Å². The van der Waals surface area contributed by atoms with Crippen LogP contribution in [0.4, 0.5) is 0 Å². The second-order valence-corrected chi connectivity index (χ2v) is 8.91. The summed E-state index contributed by atoms with van der Waals surface area (Å²) in [5.74, 6) is 0.123. The predicted octanol–water partition coefficient (Wildman–Crippen LogP) is 1.46. The minimum atomic E-state index is -3.10. The summed E-state index contributed by atoms with van der Waals surface area (Å²) >= 11 is 0. The number of sulfone groups is 1. The van der Waals surface area contributed by atoms with Crippen molar-refractivity contribution in [2.24, 2.45) is 5.73 Å². The summed E-state index contributed by atoms with van der Waals surface area (Å²) in [6.45, 7) is 4.76. The van der Waals surface area contributed by atoms with Crippen molar-refractivity contribution in [1.29, 1.82) is 0 Å². The van der Waals surface area contributed by atoms with E-state index in [1.165, 1.54) is 11.1 Å². The number of hydrogen-bond acceptors (Lipinski definition) is 4. The Morgan fingerprint density at radius 1 is 1.39 bits per heavy atom. The monoisotopic (exact) mass is 338 g/mol. The van der Waals surface area contributed by atoms with E-state index in [9.17, 15) is 13.2 Å². The van der Waals surface area contributed by atoms with Gasteiger partial charge < -0.3 is 10.6 Å². The van der Waals surface area contributed by atoms with Gasteiger partial charge in [0.05, 0.1) is 11.8 Å². The molecule has 6 heteroatoms. The van der Waals surface area contributed by atoms with Crippen molar-refractivity contribution in [1.82, 2.24) is 4.90 Å². The molecule has 1 aliphatic heterocycles. The summed E-state index contributed by atoms with van der Waals surface area (Å²) < 4.78 is 22.5. The summed E-state index contributed by atoms with van der Waals surface area (Å²) in [5, 5.41) is 0. The van der Waals surface area contributed by atoms with Gasteiger partial charge in [0.25, 0.3) is 0 Å². The standard InChI is InChI=1S/C17H26N2O3S/c1-12-6-4-5-7-15(12)14-10-13(2)19(11-14)17(20)16(18)8-9-23(3,21)22/h4-7,13-14,16H,8-11,18H2,1-3H3/t13-,14+,16-/m0/s1. The second-order valence-electron chi connectivity index (χ2n) is 6.65. The van der Waals surface area contributed by atoms with E-state index in [0.29, 0.717) is 12.5 Å². The number of nitrogens with two attached hydrogens (primary N) is 1. The van der Waals surface area contributed by atoms with E-state index in [2.05, 4.69) is 19.1 Å². The molecule has 1 saturated heterocycles. The molecule has 1 fully saturated rings. The number of nitrogens with zero attached hydrogens (tertiary/aromatic N) is 1. The van der Waals surface area contributed by atoms with E-state index in [0.717, 1.165) is 12.7 Å². The van der Waals surface area contributed by atoms with Crippen LogP contribution in [0.1, 0.15) is 36.8 Å². The van der Waals surface area contributed by atoms with Gasteiger partial charge in [0.2, 0.25) is 5.91 Å². The summed E-state index contributed by atoms with van der Waals surface area (Å²) in [5.41, 5.74) is 8.44. The van der Waals surface area contributed by atoms with Crippen LogP contribution in [0.3, 0.4) is 0 Å². The van der Waals surface area contributed by atoms with Crippen molar-refractivity contribution < 1.29 is 13.2 Å². The van der Waals surface area contributed by atoms with E-state index in [4.69, 9.17) is 5.73 Å². The Balaban J connectivity index is 2.03. The maximum absolute atomic E-state index is 12.5. The van der Waals surface area contributed by atoms with E-state index in [-0.39, 0.29) is 24.1 Å². The van der Waals surface area contributed by atoms with Gasteiger partial charge in [0.15, 0.2) is 0 Å². The summed E-state index contributed by atoms with van der Waals surface area (Å²) in [4.78, 5) is 14.4. The molecule has 0 spiro atoms. The number of benzene rings is 1. The SMILES string of the molecule is Cc1ccccc1[C@@H]1C[C@H](C)N(C(=O)[C@@H](N)CCS(C)(=O)=O)C1. The Morgan fingerprint density at radius 3 is 2.65 bits per heavy atom. The summed E-state index contributed by atoms with van der Waals surface area (Å²) in [7, 11) is -3.10. The van der Waals surface area contributed by atoms with E-state index < -0.39 is 15.9 Å². The van der Waals surface area contributed by atoms with Crippen LogP contribution in [0.5, 0.6) is 0 Å². The average molecular weight is 338 g/mol. The normalized spacial score (nSPS) is 23.0. The lowest BCUT2D eigenvalue weighted by molar-refractivity contribution is -0.133. The Morgan fingerprint density at radius 2 is 2.04 bits per heavy atom. The van der Waals surface area contributed by atoms with Gasteiger partial charge in [-0.25, -0.2) is 8.42 Å². The first-order valence-electron chi connectivity index (χ1n) is 7.98. The minimum Gasteiger partial charge on any atom is -0.338 e. The Bertz CT molecular complexity index is 672. The molecule has 0 saturated carbocycles. The lowest BCUT2D eigenvalue weighted by Gasteiger charge is -2.25. The van der Waals surface area contributed by atoms with Crippen molar-refractivity contribution in [3.63, 3.8) is 0 Å². The number of carbonyl (C=O) groups excluding carboxylic acids is 1. The van der Waals surface area contributed by atoms with Crippen LogP contribution >= 0.6 is 0 Å². The largest absolute Gasteiger partial charge is 0.338 e. The lowest BCUT2D eigenvalue weighted by Crippen LogP contribution is -2.46. The van der Waals surface area contributed by atoms with Crippen LogP contribution in [0.25, 0.3) is 0 Å². The quantitative estimate of drug-likeness (QED) is 0.881. The fraction of sp³-hybridized carbons (Fsp3) is 0.588. The fourth-order valence-electron chi connectivity index (χ4n) is 3.29. The smallest absolute Gasteiger partial charge is 0.239 e. The first kappa shape index (κ1) is 17.9. The van der Waals surface area contributed by atoms with Gasteiger partial charge in [-0.3, -0.25) is 4.79 Å². The van der Waals surface area contributed by atoms with Gasteiger partial charge in [-0.05, 0) is 37.8 Å². The van der Waals surface area contributed by atoms with Gasteiger partial charge in [0.1, 0.15) is 9.84 Å². The highest BCUT2D eigenvalue weighted by atomic mass is 32.2. The zero-order valence-electron chi connectivity index (χ0n) is 14.0. The van der Waals surface area contributed by atoms with Gasteiger partial charge >= 0.3 is 0 Å². The highest BCUT2D eigenvalue weighted by molar-refractivity contribution is 7.90. The molecule has 0 aromatic heterocycles. The highest BCUT2D eigenvalue weighted by Crippen LogP contribution is 2.33. The average Bonchev–Trinajstić information content (AvgIpc) is 2.85. The molecule has 2 N–H and O–H groups in total. The summed E-state index contributed by atoms with van der Waals surface area (Å²) in [6, 6.07) is 7.61. The zero-order chi connectivity index (χ0) is 17.2. The number of hydrogen-bond donors (Lipinski definition) is 1. The molecule has 1 aromatic rings. The predicted molar refractivity (Wildman–Crippen MR) is 92.0 cm³/mol. The molecular formula is C17H26N2O3S. The molecule has 1 amide bonds. The van der Waals surface area contributed by atoms with Crippen LogP contribution in [-0.4, -0.2) is 49.9 Å². The molecule has 0 unspecified atom stereocenters. The molecule has 1 aromatic carbocycles. The first-order valence-corrected chi connectivity index (χ1v) is 10.0. The van der Waals surface area contributed by atoms with Crippen molar-refractivity contribution in [2.45, 2.75) is 44.7 Å². The molecule has 1 heterocycles. The third-order valence-electron chi connectivity index (χ3n) is 4.60. The first-order chi connectivity index (χ1) is 10.7. The zero-order valence-corrected chi connectivity index (χ0v) is 14.8. The van der Waals surface area contributed by atoms with Crippen molar-refractivity contribution in [3.8, 4) is 0 Å². The molecule has 0 bridgehead atoms. The molecule has 0 radical (unpaired) electrons. The molecular weight excluding hydrogens is 312 g/mol. The van der Waals surface area contributed by atoms with Crippen LogP contribution in [0.15, 0.2) is 24.3 Å². The van der Waals surface area contributed by atoms with Crippen LogP contribution < -0.4 is 5.73 Å². The Hall–Kier alpha value is -1.40. The second kappa shape index (κ2) is 7.01. The topological polar surface area (TPSA) is 80.5 Å². The molecule has 1 aliphatic rings. The third-order valence-corrected chi connectivity index (χ3v) is 5.58. The highest BCUT2D eigenvalue weighted by Gasteiger charge is 2.35. The van der Waals surface area contributed by atoms with E-state index in [1.807, 2.05) is 24.0 Å². The molecule has 2 rings (SSSR count). The minimum absolute atomic E-state index is 0.0522. The molecule has 3 atom stereocenters. The molecule has 5 nitrogen and oxygen atoms in total. The maximum atomic E-state index is 12.5. The van der Waals surface area contributed by atoms with Gasteiger partial charge in [-0.1, -0.05) is 24.3 Å². The van der Waals surface area contributed by atoms with Gasteiger partial charge in [-0.2, -0.15) is 0 Å². The molecule has 128 valence electrons. The number of rotatable bonds is 5.